The van der Waals surface area contributed by atoms with E-state index in [-0.39, 0.29) is 17.8 Å². The van der Waals surface area contributed by atoms with Crippen LogP contribution in [0.1, 0.15) is 34.5 Å². The van der Waals surface area contributed by atoms with E-state index in [1.807, 2.05) is 26.0 Å². The molecule has 2 rings (SSSR count). The smallest absolute Gasteiger partial charge is 0.251 e. The largest absolute Gasteiger partial charge is 0.346 e. The molecule has 0 aliphatic heterocycles. The van der Waals surface area contributed by atoms with Crippen LogP contribution in [0.15, 0.2) is 46.9 Å². The first-order valence-electron chi connectivity index (χ1n) is 6.29. The van der Waals surface area contributed by atoms with Gasteiger partial charge in [0.2, 0.25) is 0 Å². The van der Waals surface area contributed by atoms with E-state index < -0.39 is 0 Å². The summed E-state index contributed by atoms with van der Waals surface area (Å²) >= 11 is 3.38. The second-order valence-corrected chi connectivity index (χ2v) is 5.68. The molecule has 0 heterocycles. The van der Waals surface area contributed by atoms with Crippen LogP contribution in [0.5, 0.6) is 0 Å². The van der Waals surface area contributed by atoms with Crippen molar-refractivity contribution < 1.29 is 9.18 Å². The fourth-order valence-corrected chi connectivity index (χ4v) is 2.59. The minimum atomic E-state index is -0.283. The molecule has 1 N–H and O–H groups in total. The maximum atomic E-state index is 12.9. The van der Waals surface area contributed by atoms with Crippen LogP contribution in [0.3, 0.4) is 0 Å². The van der Waals surface area contributed by atoms with Gasteiger partial charge in [0.15, 0.2) is 0 Å². The molecule has 2 nitrogen and oxygen atoms in total. The van der Waals surface area contributed by atoms with Crippen LogP contribution in [-0.4, -0.2) is 5.91 Å². The van der Waals surface area contributed by atoms with Crippen LogP contribution in [0.2, 0.25) is 0 Å². The Balaban J connectivity index is 2.12. The number of rotatable bonds is 3. The van der Waals surface area contributed by atoms with Crippen LogP contribution >= 0.6 is 15.9 Å². The van der Waals surface area contributed by atoms with Gasteiger partial charge in [0, 0.05) is 10.0 Å². The van der Waals surface area contributed by atoms with E-state index in [9.17, 15) is 9.18 Å². The molecule has 104 valence electrons. The summed E-state index contributed by atoms with van der Waals surface area (Å²) in [6.07, 6.45) is 0. The van der Waals surface area contributed by atoms with E-state index in [1.165, 1.54) is 12.1 Å². The lowest BCUT2D eigenvalue weighted by Crippen LogP contribution is -2.26. The normalized spacial score (nSPS) is 12.0. The molecule has 0 bridgehead atoms. The Morgan fingerprint density at radius 1 is 1.20 bits per heavy atom. The van der Waals surface area contributed by atoms with Crippen molar-refractivity contribution in [2.45, 2.75) is 19.9 Å². The van der Waals surface area contributed by atoms with Crippen molar-refractivity contribution in [2.24, 2.45) is 0 Å². The van der Waals surface area contributed by atoms with Crippen molar-refractivity contribution >= 4 is 21.8 Å². The number of aryl methyl sites for hydroxylation is 1. The standard InChI is InChI=1S/C16H15BrFNO/c1-10-7-13(9-14(17)8-10)16(20)19-11(2)12-3-5-15(18)6-4-12/h3-9,11H,1-2H3,(H,19,20). The Morgan fingerprint density at radius 2 is 1.85 bits per heavy atom. The number of hydrogen-bond donors (Lipinski definition) is 1. The minimum absolute atomic E-state index is 0.147. The summed E-state index contributed by atoms with van der Waals surface area (Å²) in [7, 11) is 0. The van der Waals surface area contributed by atoms with Crippen molar-refractivity contribution in [3.63, 3.8) is 0 Å². The fourth-order valence-electron chi connectivity index (χ4n) is 1.98. The molecule has 20 heavy (non-hydrogen) atoms. The van der Waals surface area contributed by atoms with Gasteiger partial charge in [0.1, 0.15) is 5.82 Å². The van der Waals surface area contributed by atoms with Gasteiger partial charge < -0.3 is 5.32 Å². The van der Waals surface area contributed by atoms with E-state index >= 15 is 0 Å². The third kappa shape index (κ3) is 3.67. The van der Waals surface area contributed by atoms with Crippen molar-refractivity contribution in [1.82, 2.24) is 5.32 Å². The molecule has 1 atom stereocenters. The highest BCUT2D eigenvalue weighted by Crippen LogP contribution is 2.17. The maximum absolute atomic E-state index is 12.9. The molecule has 0 saturated carbocycles. The molecule has 2 aromatic carbocycles. The van der Waals surface area contributed by atoms with Crippen molar-refractivity contribution in [3.05, 3.63) is 69.4 Å². The van der Waals surface area contributed by atoms with E-state index in [4.69, 9.17) is 0 Å². The number of nitrogens with one attached hydrogen (secondary N) is 1. The molecule has 1 amide bonds. The molecule has 2 aromatic rings. The van der Waals surface area contributed by atoms with Crippen molar-refractivity contribution in [1.29, 1.82) is 0 Å². The lowest BCUT2D eigenvalue weighted by Gasteiger charge is -2.15. The first-order valence-corrected chi connectivity index (χ1v) is 7.08. The summed E-state index contributed by atoms with van der Waals surface area (Å²) in [5.74, 6) is -0.430. The Labute approximate surface area is 126 Å². The number of carbonyl (C=O) groups excluding carboxylic acids is 1. The van der Waals surface area contributed by atoms with Gasteiger partial charge in [-0.2, -0.15) is 0 Å². The van der Waals surface area contributed by atoms with Gasteiger partial charge in [0.25, 0.3) is 5.91 Å². The first-order chi connectivity index (χ1) is 9.45. The first kappa shape index (κ1) is 14.7. The minimum Gasteiger partial charge on any atom is -0.346 e. The summed E-state index contributed by atoms with van der Waals surface area (Å²) in [6, 6.07) is 11.5. The third-order valence-corrected chi connectivity index (χ3v) is 3.48. The number of benzene rings is 2. The lowest BCUT2D eigenvalue weighted by molar-refractivity contribution is 0.0939. The molecule has 0 aliphatic rings. The number of hydrogen-bond acceptors (Lipinski definition) is 1. The average Bonchev–Trinajstić information content (AvgIpc) is 2.38. The Morgan fingerprint density at radius 3 is 2.45 bits per heavy atom. The Bertz CT molecular complexity index is 605. The summed E-state index contributed by atoms with van der Waals surface area (Å²) in [4.78, 5) is 12.2. The number of carbonyl (C=O) groups is 1. The molecule has 0 aliphatic carbocycles. The van der Waals surface area contributed by atoms with Crippen LogP contribution in [0.25, 0.3) is 0 Å². The van der Waals surface area contributed by atoms with E-state index in [2.05, 4.69) is 21.2 Å². The second kappa shape index (κ2) is 6.18. The van der Waals surface area contributed by atoms with Gasteiger partial charge in [-0.05, 0) is 55.3 Å². The Kier molecular flexibility index (Phi) is 4.55. The topological polar surface area (TPSA) is 29.1 Å². The fraction of sp³-hybridized carbons (Fsp3) is 0.188. The summed E-state index contributed by atoms with van der Waals surface area (Å²) in [5.41, 5.74) is 2.48. The van der Waals surface area contributed by atoms with Crippen LogP contribution in [0, 0.1) is 12.7 Å². The van der Waals surface area contributed by atoms with Crippen LogP contribution < -0.4 is 5.32 Å². The Hall–Kier alpha value is -1.68. The summed E-state index contributed by atoms with van der Waals surface area (Å²) in [5, 5.41) is 2.90. The molecular formula is C16H15BrFNO. The van der Waals surface area contributed by atoms with Gasteiger partial charge in [-0.15, -0.1) is 0 Å². The molecule has 4 heteroatoms. The maximum Gasteiger partial charge on any atom is 0.251 e. The third-order valence-electron chi connectivity index (χ3n) is 3.02. The van der Waals surface area contributed by atoms with Gasteiger partial charge in [-0.1, -0.05) is 28.1 Å². The van der Waals surface area contributed by atoms with Crippen molar-refractivity contribution in [3.8, 4) is 0 Å². The monoisotopic (exact) mass is 335 g/mol. The summed E-state index contributed by atoms with van der Waals surface area (Å²) in [6.45, 7) is 3.81. The summed E-state index contributed by atoms with van der Waals surface area (Å²) < 4.78 is 13.7. The van der Waals surface area contributed by atoms with E-state index in [0.717, 1.165) is 15.6 Å². The zero-order valence-electron chi connectivity index (χ0n) is 11.3. The predicted molar refractivity (Wildman–Crippen MR) is 81.2 cm³/mol. The molecular weight excluding hydrogens is 321 g/mol. The van der Waals surface area contributed by atoms with E-state index in [0.29, 0.717) is 5.56 Å². The van der Waals surface area contributed by atoms with E-state index in [1.54, 1.807) is 18.2 Å². The van der Waals surface area contributed by atoms with Gasteiger partial charge >= 0.3 is 0 Å². The number of halogens is 2. The average molecular weight is 336 g/mol. The zero-order valence-corrected chi connectivity index (χ0v) is 12.9. The zero-order chi connectivity index (χ0) is 14.7. The molecule has 0 aromatic heterocycles. The highest BCUT2D eigenvalue weighted by atomic mass is 79.9. The SMILES string of the molecule is Cc1cc(Br)cc(C(=O)NC(C)c2ccc(F)cc2)c1. The van der Waals surface area contributed by atoms with Crippen LogP contribution in [-0.2, 0) is 0 Å². The quantitative estimate of drug-likeness (QED) is 0.885. The molecule has 0 saturated heterocycles. The molecule has 0 fully saturated rings. The highest BCUT2D eigenvalue weighted by molar-refractivity contribution is 9.10. The lowest BCUT2D eigenvalue weighted by atomic mass is 10.1. The van der Waals surface area contributed by atoms with Crippen LogP contribution in [0.4, 0.5) is 4.39 Å². The predicted octanol–water partition coefficient (Wildman–Crippen LogP) is 4.39. The molecule has 1 unspecified atom stereocenters. The number of amides is 1. The van der Waals surface area contributed by atoms with Gasteiger partial charge in [-0.25, -0.2) is 4.39 Å². The second-order valence-electron chi connectivity index (χ2n) is 4.76. The van der Waals surface area contributed by atoms with Gasteiger partial charge in [0.05, 0.1) is 6.04 Å². The molecule has 0 radical (unpaired) electrons. The highest BCUT2D eigenvalue weighted by Gasteiger charge is 2.12. The van der Waals surface area contributed by atoms with Crippen molar-refractivity contribution in [2.75, 3.05) is 0 Å². The van der Waals surface area contributed by atoms with Gasteiger partial charge in [-0.3, -0.25) is 4.79 Å². The molecule has 0 spiro atoms.